The highest BCUT2D eigenvalue weighted by Crippen LogP contribution is 2.33. The van der Waals surface area contributed by atoms with Gasteiger partial charge in [-0.15, -0.1) is 0 Å². The molecule has 33 heavy (non-hydrogen) atoms. The zero-order chi connectivity index (χ0) is 23.6. The first-order chi connectivity index (χ1) is 15.7. The lowest BCUT2D eigenvalue weighted by Gasteiger charge is -2.14. The Bertz CT molecular complexity index is 1150. The van der Waals surface area contributed by atoms with Gasteiger partial charge < -0.3 is 0 Å². The Morgan fingerprint density at radius 1 is 1.03 bits per heavy atom. The van der Waals surface area contributed by atoms with E-state index in [1.807, 2.05) is 30.3 Å². The second-order valence-electron chi connectivity index (χ2n) is 7.64. The van der Waals surface area contributed by atoms with Crippen molar-refractivity contribution in [1.82, 2.24) is 31.5 Å². The first kappa shape index (κ1) is 22.5. The summed E-state index contributed by atoms with van der Waals surface area (Å²) in [7, 11) is 0. The maximum atomic E-state index is 13.8. The van der Waals surface area contributed by atoms with Crippen molar-refractivity contribution in [2.24, 2.45) is 0 Å². The number of alkyl halides is 3. The van der Waals surface area contributed by atoms with E-state index in [4.69, 9.17) is 0 Å². The Labute approximate surface area is 187 Å². The Kier molecular flexibility index (Phi) is 6.16. The van der Waals surface area contributed by atoms with E-state index >= 15 is 0 Å². The molecule has 0 radical (unpaired) electrons. The van der Waals surface area contributed by atoms with Crippen molar-refractivity contribution in [2.75, 3.05) is 0 Å². The molecule has 3 aromatic rings. The summed E-state index contributed by atoms with van der Waals surface area (Å²) in [6, 6.07) is 14.9. The third kappa shape index (κ3) is 4.89. The monoisotopic (exact) mass is 458 g/mol. The van der Waals surface area contributed by atoms with Crippen LogP contribution in [0, 0.1) is 6.92 Å². The van der Waals surface area contributed by atoms with Gasteiger partial charge in [0.1, 0.15) is 6.04 Å². The van der Waals surface area contributed by atoms with Gasteiger partial charge >= 0.3 is 6.18 Å². The van der Waals surface area contributed by atoms with Gasteiger partial charge in [0.2, 0.25) is 0 Å². The maximum absolute atomic E-state index is 13.8. The number of rotatable bonds is 4. The normalized spacial score (nSPS) is 18.2. The van der Waals surface area contributed by atoms with Gasteiger partial charge in [-0.2, -0.15) is 18.3 Å². The van der Waals surface area contributed by atoms with Crippen LogP contribution in [0.4, 0.5) is 13.2 Å². The number of aryl methyl sites for hydroxylation is 1. The van der Waals surface area contributed by atoms with Crippen LogP contribution in [0.25, 0.3) is 5.69 Å². The number of benzene rings is 2. The van der Waals surface area contributed by atoms with Crippen LogP contribution in [0.1, 0.15) is 39.6 Å². The smallest absolute Gasteiger partial charge is 0.271 e. The number of carbonyl (C=O) groups is 2. The molecule has 11 heteroatoms. The van der Waals surface area contributed by atoms with E-state index in [2.05, 4.69) is 26.8 Å². The third-order valence-corrected chi connectivity index (χ3v) is 5.28. The number of carbonyl (C=O) groups excluding carboxylic acids is 2. The second kappa shape index (κ2) is 9.04. The highest BCUT2D eigenvalue weighted by atomic mass is 19.4. The van der Waals surface area contributed by atoms with E-state index in [1.54, 1.807) is 19.1 Å². The molecule has 1 aromatic heterocycles. The molecule has 8 nitrogen and oxygen atoms in total. The number of hydrogen-bond donors (Lipinski definition) is 4. The van der Waals surface area contributed by atoms with E-state index < -0.39 is 35.3 Å². The largest absolute Gasteiger partial charge is 0.434 e. The fraction of sp³-hybridized carbons (Fsp3) is 0.227. The van der Waals surface area contributed by atoms with E-state index in [9.17, 15) is 22.8 Å². The highest BCUT2D eigenvalue weighted by molar-refractivity contribution is 5.97. The average Bonchev–Trinajstić information content (AvgIpc) is 3.46. The van der Waals surface area contributed by atoms with Gasteiger partial charge in [-0.05, 0) is 31.0 Å². The number of hydrazine groups is 2. The fourth-order valence-electron chi connectivity index (χ4n) is 3.57. The van der Waals surface area contributed by atoms with Gasteiger partial charge in [0.15, 0.2) is 5.69 Å². The molecule has 172 valence electrons. The molecule has 1 aliphatic heterocycles. The van der Waals surface area contributed by atoms with Gasteiger partial charge in [0.05, 0.1) is 17.4 Å². The first-order valence-electron chi connectivity index (χ1n) is 10.1. The molecular formula is C22H21F3N6O2. The zero-order valence-electron chi connectivity index (χ0n) is 17.5. The maximum Gasteiger partial charge on any atom is 0.434 e. The molecule has 0 aliphatic carbocycles. The topological polar surface area (TPSA) is 100 Å². The van der Waals surface area contributed by atoms with Gasteiger partial charge in [0.25, 0.3) is 11.8 Å². The van der Waals surface area contributed by atoms with E-state index in [-0.39, 0.29) is 11.7 Å². The first-order valence-corrected chi connectivity index (χ1v) is 10.1. The molecule has 4 N–H and O–H groups in total. The summed E-state index contributed by atoms with van der Waals surface area (Å²) in [5.74, 6) is -1.71. The van der Waals surface area contributed by atoms with Crippen LogP contribution >= 0.6 is 0 Å². The van der Waals surface area contributed by atoms with E-state index in [1.165, 1.54) is 12.1 Å². The number of aromatic nitrogens is 2. The summed E-state index contributed by atoms with van der Waals surface area (Å²) in [6.45, 7) is 1.80. The van der Waals surface area contributed by atoms with Crippen molar-refractivity contribution in [3.63, 3.8) is 0 Å². The van der Waals surface area contributed by atoms with Gasteiger partial charge in [-0.1, -0.05) is 48.0 Å². The molecule has 1 fully saturated rings. The molecule has 2 heterocycles. The van der Waals surface area contributed by atoms with Crippen LogP contribution in [0.2, 0.25) is 0 Å². The van der Waals surface area contributed by atoms with Crippen LogP contribution < -0.4 is 21.7 Å². The molecule has 0 spiro atoms. The van der Waals surface area contributed by atoms with Crippen LogP contribution in [0.15, 0.2) is 60.8 Å². The predicted molar refractivity (Wildman–Crippen MR) is 113 cm³/mol. The second-order valence-corrected chi connectivity index (χ2v) is 7.64. The zero-order valence-corrected chi connectivity index (χ0v) is 17.5. The van der Waals surface area contributed by atoms with Crippen LogP contribution in [-0.4, -0.2) is 27.6 Å². The van der Waals surface area contributed by atoms with E-state index in [0.717, 1.165) is 17.3 Å². The summed E-state index contributed by atoms with van der Waals surface area (Å²) < 4.78 is 42.0. The molecule has 1 aliphatic rings. The molecule has 2 aromatic carbocycles. The minimum Gasteiger partial charge on any atom is -0.271 e. The van der Waals surface area contributed by atoms with Crippen molar-refractivity contribution in [3.05, 3.63) is 83.2 Å². The minimum absolute atomic E-state index is 0.123. The predicted octanol–water partition coefficient (Wildman–Crippen LogP) is 2.57. The van der Waals surface area contributed by atoms with Gasteiger partial charge in [0, 0.05) is 6.04 Å². The Morgan fingerprint density at radius 3 is 2.39 bits per heavy atom. The lowest BCUT2D eigenvalue weighted by atomic mass is 10.0. The van der Waals surface area contributed by atoms with Crippen molar-refractivity contribution in [3.8, 4) is 5.69 Å². The van der Waals surface area contributed by atoms with E-state index in [0.29, 0.717) is 11.1 Å². The highest BCUT2D eigenvalue weighted by Gasteiger charge is 2.41. The van der Waals surface area contributed by atoms with Crippen molar-refractivity contribution >= 4 is 11.8 Å². The van der Waals surface area contributed by atoms with Crippen LogP contribution in [-0.2, 0) is 11.0 Å². The Hall–Kier alpha value is -3.70. The Morgan fingerprint density at radius 2 is 1.73 bits per heavy atom. The number of hydrogen-bond acceptors (Lipinski definition) is 5. The SMILES string of the molecule is Cc1ccc(-n2ncc(C(=O)NNC(=O)C3CC(c4ccccc4)NN3)c2C(F)(F)F)cc1. The summed E-state index contributed by atoms with van der Waals surface area (Å²) in [4.78, 5) is 24.9. The minimum atomic E-state index is -4.85. The fourth-order valence-corrected chi connectivity index (χ4v) is 3.57. The number of nitrogens with zero attached hydrogens (tertiary/aromatic N) is 2. The summed E-state index contributed by atoms with van der Waals surface area (Å²) in [5, 5.41) is 3.75. The molecule has 2 atom stereocenters. The molecule has 2 unspecified atom stereocenters. The summed E-state index contributed by atoms with van der Waals surface area (Å²) >= 11 is 0. The molecule has 0 bridgehead atoms. The lowest BCUT2D eigenvalue weighted by molar-refractivity contribution is -0.143. The van der Waals surface area contributed by atoms with Crippen molar-refractivity contribution in [2.45, 2.75) is 31.6 Å². The van der Waals surface area contributed by atoms with Crippen molar-refractivity contribution in [1.29, 1.82) is 0 Å². The standard InChI is InChI=1S/C22H21F3N6O2/c1-13-7-9-15(10-8-13)31-19(22(23,24)25)16(12-26-31)20(32)29-30-21(33)18-11-17(27-28-18)14-5-3-2-4-6-14/h2-10,12,17-18,27-28H,11H2,1H3,(H,29,32)(H,30,33). The van der Waals surface area contributed by atoms with Gasteiger partial charge in [-0.3, -0.25) is 20.4 Å². The number of nitrogens with one attached hydrogen (secondary N) is 4. The molecular weight excluding hydrogens is 437 g/mol. The quantitative estimate of drug-likeness (QED) is 0.451. The van der Waals surface area contributed by atoms with Crippen LogP contribution in [0.5, 0.6) is 0 Å². The Balaban J connectivity index is 1.44. The molecule has 4 rings (SSSR count). The summed E-state index contributed by atoms with van der Waals surface area (Å²) in [5.41, 5.74) is 10.1. The average molecular weight is 458 g/mol. The number of amides is 2. The molecule has 0 saturated carbocycles. The van der Waals surface area contributed by atoms with Crippen molar-refractivity contribution < 1.29 is 22.8 Å². The third-order valence-electron chi connectivity index (χ3n) is 5.28. The van der Waals surface area contributed by atoms with Gasteiger partial charge in [-0.25, -0.2) is 15.5 Å². The molecule has 2 amide bonds. The lowest BCUT2D eigenvalue weighted by Crippen LogP contribution is -2.50. The molecule has 1 saturated heterocycles. The number of halogens is 3. The van der Waals surface area contributed by atoms with Crippen LogP contribution in [0.3, 0.4) is 0 Å². The summed E-state index contributed by atoms with van der Waals surface area (Å²) in [6.07, 6.45) is -3.63.